The minimum absolute atomic E-state index is 0.0689. The van der Waals surface area contributed by atoms with Crippen LogP contribution in [0.15, 0.2) is 28.8 Å². The molecule has 0 spiro atoms. The quantitative estimate of drug-likeness (QED) is 0.829. The Balaban J connectivity index is 1.48. The van der Waals surface area contributed by atoms with E-state index in [1.54, 1.807) is 12.1 Å². The first kappa shape index (κ1) is 17.8. The van der Waals surface area contributed by atoms with Gasteiger partial charge in [-0.1, -0.05) is 12.1 Å². The number of benzene rings is 1. The lowest BCUT2D eigenvalue weighted by atomic mass is 9.77. The summed E-state index contributed by atoms with van der Waals surface area (Å²) in [5.74, 6) is 1.29. The van der Waals surface area contributed by atoms with E-state index in [0.717, 1.165) is 32.4 Å². The number of aliphatic hydroxyl groups excluding tert-OH is 1. The summed E-state index contributed by atoms with van der Waals surface area (Å²) in [6, 6.07) is 5.81. The predicted molar refractivity (Wildman–Crippen MR) is 89.4 cm³/mol. The second kappa shape index (κ2) is 7.93. The molecule has 7 heteroatoms. The number of likely N-dealkylation sites (tertiary alicyclic amines) is 1. The normalized spacial score (nSPS) is 17.6. The van der Waals surface area contributed by atoms with Gasteiger partial charge in [0.25, 0.3) is 0 Å². The second-order valence-electron chi connectivity index (χ2n) is 6.63. The van der Waals surface area contributed by atoms with Crippen LogP contribution in [0.1, 0.15) is 37.9 Å². The molecular weight excluding hydrogens is 325 g/mol. The molecule has 1 fully saturated rings. The Kier molecular flexibility index (Phi) is 5.65. The smallest absolute Gasteiger partial charge is 0.240 e. The summed E-state index contributed by atoms with van der Waals surface area (Å²) >= 11 is 0. The van der Waals surface area contributed by atoms with Gasteiger partial charge in [-0.05, 0) is 62.0 Å². The maximum atomic E-state index is 12.9. The maximum absolute atomic E-state index is 12.9. The van der Waals surface area contributed by atoms with Gasteiger partial charge < -0.3 is 14.4 Å². The van der Waals surface area contributed by atoms with Crippen LogP contribution in [-0.2, 0) is 13.2 Å². The third-order valence-corrected chi connectivity index (χ3v) is 5.05. The van der Waals surface area contributed by atoms with Gasteiger partial charge in [-0.25, -0.2) is 4.39 Å². The molecule has 1 aromatic carbocycles. The number of aliphatic hydroxyl groups is 1. The molecule has 0 bridgehead atoms. The highest BCUT2D eigenvalue weighted by atomic mass is 19.1. The van der Waals surface area contributed by atoms with Gasteiger partial charge in [0.1, 0.15) is 11.6 Å². The Morgan fingerprint density at radius 2 is 2.00 bits per heavy atom. The van der Waals surface area contributed by atoms with Gasteiger partial charge >= 0.3 is 0 Å². The van der Waals surface area contributed by atoms with Crippen molar-refractivity contribution >= 4 is 0 Å². The van der Waals surface area contributed by atoms with E-state index in [1.165, 1.54) is 12.1 Å². The van der Waals surface area contributed by atoms with Gasteiger partial charge in [0.15, 0.2) is 6.61 Å². The fourth-order valence-electron chi connectivity index (χ4n) is 3.09. The van der Waals surface area contributed by atoms with E-state index in [-0.39, 0.29) is 24.4 Å². The van der Waals surface area contributed by atoms with Crippen LogP contribution in [0.3, 0.4) is 0 Å². The molecule has 136 valence electrons. The minimum atomic E-state index is -0.302. The zero-order valence-electron chi connectivity index (χ0n) is 14.4. The van der Waals surface area contributed by atoms with Crippen LogP contribution in [0.2, 0.25) is 0 Å². The minimum Gasteiger partial charge on any atom is -0.485 e. The molecule has 6 nitrogen and oxygen atoms in total. The molecule has 0 aliphatic carbocycles. The van der Waals surface area contributed by atoms with Crippen molar-refractivity contribution in [2.24, 2.45) is 5.41 Å². The average molecular weight is 349 g/mol. The number of rotatable bonds is 7. The number of piperidine rings is 1. The predicted octanol–water partition coefficient (Wildman–Crippen LogP) is 2.77. The lowest BCUT2D eigenvalue weighted by Crippen LogP contribution is -2.41. The van der Waals surface area contributed by atoms with Crippen molar-refractivity contribution in [3.63, 3.8) is 0 Å². The molecule has 2 aromatic rings. The van der Waals surface area contributed by atoms with Crippen molar-refractivity contribution in [1.29, 1.82) is 0 Å². The summed E-state index contributed by atoms with van der Waals surface area (Å²) in [5.41, 5.74) is 0.0689. The third kappa shape index (κ3) is 4.55. The van der Waals surface area contributed by atoms with Gasteiger partial charge in [0.05, 0.1) is 6.54 Å². The van der Waals surface area contributed by atoms with Crippen LogP contribution in [0.25, 0.3) is 0 Å². The van der Waals surface area contributed by atoms with Gasteiger partial charge in [-0.2, -0.15) is 4.98 Å². The first-order valence-corrected chi connectivity index (χ1v) is 8.65. The van der Waals surface area contributed by atoms with Crippen LogP contribution in [0, 0.1) is 11.2 Å². The molecule has 1 saturated heterocycles. The molecule has 0 amide bonds. The van der Waals surface area contributed by atoms with Crippen LogP contribution in [-0.4, -0.2) is 39.8 Å². The first-order valence-electron chi connectivity index (χ1n) is 8.65. The number of hydrogen-bond acceptors (Lipinski definition) is 6. The Bertz CT molecular complexity index is 660. The van der Waals surface area contributed by atoms with Crippen LogP contribution < -0.4 is 4.74 Å². The lowest BCUT2D eigenvalue weighted by molar-refractivity contribution is 0.0348. The molecular formula is C18H24FN3O3. The highest BCUT2D eigenvalue weighted by Crippen LogP contribution is 2.34. The number of aromatic nitrogens is 2. The molecule has 1 aliphatic heterocycles. The van der Waals surface area contributed by atoms with Gasteiger partial charge in [0.2, 0.25) is 11.7 Å². The summed E-state index contributed by atoms with van der Waals surface area (Å²) in [5, 5.41) is 13.5. The summed E-state index contributed by atoms with van der Waals surface area (Å²) < 4.78 is 23.7. The van der Waals surface area contributed by atoms with Crippen molar-refractivity contribution in [3.05, 3.63) is 41.8 Å². The van der Waals surface area contributed by atoms with Gasteiger partial charge in [-0.15, -0.1) is 0 Å². The van der Waals surface area contributed by atoms with Crippen LogP contribution in [0.4, 0.5) is 4.39 Å². The molecule has 0 radical (unpaired) electrons. The van der Waals surface area contributed by atoms with E-state index in [4.69, 9.17) is 9.26 Å². The SMILES string of the molecule is CCC1(CO)CCN(Cc2nc(COc3ccc(F)cc3)no2)CC1. The topological polar surface area (TPSA) is 71.6 Å². The van der Waals surface area contributed by atoms with E-state index in [1.807, 2.05) is 0 Å². The summed E-state index contributed by atoms with van der Waals surface area (Å²) in [6.45, 7) is 5.00. The van der Waals surface area contributed by atoms with Crippen molar-refractivity contribution in [3.8, 4) is 5.75 Å². The number of nitrogens with zero attached hydrogens (tertiary/aromatic N) is 3. The summed E-state index contributed by atoms with van der Waals surface area (Å²) in [4.78, 5) is 6.61. The zero-order valence-corrected chi connectivity index (χ0v) is 14.4. The van der Waals surface area contributed by atoms with Gasteiger partial charge in [-0.3, -0.25) is 4.90 Å². The molecule has 2 heterocycles. The van der Waals surface area contributed by atoms with Crippen molar-refractivity contribution in [2.75, 3.05) is 19.7 Å². The highest BCUT2D eigenvalue weighted by Gasteiger charge is 2.32. The molecule has 1 aliphatic rings. The number of ether oxygens (including phenoxy) is 1. The van der Waals surface area contributed by atoms with E-state index in [0.29, 0.717) is 24.0 Å². The number of hydrogen-bond donors (Lipinski definition) is 1. The van der Waals surface area contributed by atoms with E-state index in [2.05, 4.69) is 22.0 Å². The molecule has 3 rings (SSSR count). The third-order valence-electron chi connectivity index (χ3n) is 5.05. The monoisotopic (exact) mass is 349 g/mol. The van der Waals surface area contributed by atoms with E-state index >= 15 is 0 Å². The zero-order chi connectivity index (χ0) is 17.7. The Hall–Kier alpha value is -1.99. The molecule has 25 heavy (non-hydrogen) atoms. The second-order valence-corrected chi connectivity index (χ2v) is 6.63. The molecule has 0 unspecified atom stereocenters. The molecule has 1 N–H and O–H groups in total. The highest BCUT2D eigenvalue weighted by molar-refractivity contribution is 5.22. The van der Waals surface area contributed by atoms with Crippen molar-refractivity contribution in [1.82, 2.24) is 15.0 Å². The molecule has 0 saturated carbocycles. The van der Waals surface area contributed by atoms with E-state index in [9.17, 15) is 9.50 Å². The summed E-state index contributed by atoms with van der Waals surface area (Å²) in [7, 11) is 0. The largest absolute Gasteiger partial charge is 0.485 e. The molecule has 0 atom stereocenters. The van der Waals surface area contributed by atoms with Crippen molar-refractivity contribution in [2.45, 2.75) is 39.3 Å². The number of halogens is 1. The first-order chi connectivity index (χ1) is 12.1. The standard InChI is InChI=1S/C18H24FN3O3/c1-2-18(13-23)7-9-22(10-8-18)11-17-20-16(21-25-17)12-24-15-5-3-14(19)4-6-15/h3-6,23H,2,7-13H2,1H3. The fourth-order valence-corrected chi connectivity index (χ4v) is 3.09. The Morgan fingerprint density at radius 1 is 1.28 bits per heavy atom. The average Bonchev–Trinajstić information content (AvgIpc) is 3.10. The van der Waals surface area contributed by atoms with Gasteiger partial charge in [0, 0.05) is 6.61 Å². The Morgan fingerprint density at radius 3 is 2.64 bits per heavy atom. The van der Waals surface area contributed by atoms with E-state index < -0.39 is 0 Å². The molecule has 1 aromatic heterocycles. The summed E-state index contributed by atoms with van der Waals surface area (Å²) in [6.07, 6.45) is 2.96. The van der Waals surface area contributed by atoms with Crippen LogP contribution in [0.5, 0.6) is 5.75 Å². The lowest BCUT2D eigenvalue weighted by Gasteiger charge is -2.39. The van der Waals surface area contributed by atoms with Crippen molar-refractivity contribution < 1.29 is 18.8 Å². The fraction of sp³-hybridized carbons (Fsp3) is 0.556. The van der Waals surface area contributed by atoms with Crippen LogP contribution >= 0.6 is 0 Å². The maximum Gasteiger partial charge on any atom is 0.240 e. The Labute approximate surface area is 146 Å².